The van der Waals surface area contributed by atoms with Crippen LogP contribution in [0.2, 0.25) is 0 Å². The molecule has 3 rings (SSSR count). The van der Waals surface area contributed by atoms with E-state index in [2.05, 4.69) is 16.6 Å². The van der Waals surface area contributed by atoms with Crippen LogP contribution in [0.3, 0.4) is 0 Å². The number of halogens is 3. The standard InChI is InChI=1S/C18H18F3NO2/c1-12-7-16(23-2)8-14-10-22(11-17(12)14)9-13-3-5-15(6-4-13)24-18(19,20)21/h3-8H,9-11H2,1-2H3. The summed E-state index contributed by atoms with van der Waals surface area (Å²) in [6.45, 7) is 4.36. The van der Waals surface area contributed by atoms with Crippen LogP contribution < -0.4 is 9.47 Å². The van der Waals surface area contributed by atoms with E-state index in [4.69, 9.17) is 4.74 Å². The number of benzene rings is 2. The number of rotatable bonds is 4. The molecule has 0 amide bonds. The highest BCUT2D eigenvalue weighted by Crippen LogP contribution is 2.31. The molecular weight excluding hydrogens is 319 g/mol. The normalized spacial score (nSPS) is 14.5. The van der Waals surface area contributed by atoms with Crippen LogP contribution in [0.1, 0.15) is 22.3 Å². The van der Waals surface area contributed by atoms with Gasteiger partial charge in [-0.3, -0.25) is 4.90 Å². The van der Waals surface area contributed by atoms with Crippen molar-refractivity contribution >= 4 is 0 Å². The van der Waals surface area contributed by atoms with Gasteiger partial charge in [-0.25, -0.2) is 0 Å². The van der Waals surface area contributed by atoms with E-state index >= 15 is 0 Å². The van der Waals surface area contributed by atoms with Gasteiger partial charge in [-0.1, -0.05) is 12.1 Å². The molecule has 0 aliphatic carbocycles. The summed E-state index contributed by atoms with van der Waals surface area (Å²) >= 11 is 0. The number of ether oxygens (including phenoxy) is 2. The van der Waals surface area contributed by atoms with Crippen molar-refractivity contribution in [1.82, 2.24) is 4.90 Å². The Morgan fingerprint density at radius 3 is 2.38 bits per heavy atom. The molecule has 1 aliphatic heterocycles. The van der Waals surface area contributed by atoms with Gasteiger partial charge in [0.1, 0.15) is 11.5 Å². The van der Waals surface area contributed by atoms with Crippen LogP contribution in [0, 0.1) is 6.92 Å². The molecule has 0 aromatic heterocycles. The van der Waals surface area contributed by atoms with E-state index in [1.54, 1.807) is 19.2 Å². The minimum absolute atomic E-state index is 0.198. The number of hydrogen-bond acceptors (Lipinski definition) is 3. The van der Waals surface area contributed by atoms with Crippen LogP contribution in [-0.2, 0) is 19.6 Å². The molecule has 24 heavy (non-hydrogen) atoms. The van der Waals surface area contributed by atoms with Crippen molar-refractivity contribution in [2.24, 2.45) is 0 Å². The second-order valence-corrected chi connectivity index (χ2v) is 5.92. The maximum absolute atomic E-state index is 12.2. The summed E-state index contributed by atoms with van der Waals surface area (Å²) in [5, 5.41) is 0. The molecule has 0 atom stereocenters. The number of hydrogen-bond donors (Lipinski definition) is 0. The Bertz CT molecular complexity index is 726. The van der Waals surface area contributed by atoms with Crippen LogP contribution >= 0.6 is 0 Å². The second kappa shape index (κ2) is 6.36. The van der Waals surface area contributed by atoms with Gasteiger partial charge in [0, 0.05) is 19.6 Å². The number of aryl methyl sites for hydroxylation is 1. The smallest absolute Gasteiger partial charge is 0.497 e. The highest BCUT2D eigenvalue weighted by atomic mass is 19.4. The molecule has 2 aromatic carbocycles. The molecule has 1 heterocycles. The minimum Gasteiger partial charge on any atom is -0.497 e. The summed E-state index contributed by atoms with van der Waals surface area (Å²) in [5.74, 6) is 0.651. The van der Waals surface area contributed by atoms with Crippen molar-refractivity contribution in [2.45, 2.75) is 32.9 Å². The first-order chi connectivity index (χ1) is 11.3. The zero-order valence-corrected chi connectivity index (χ0v) is 13.5. The van der Waals surface area contributed by atoms with Gasteiger partial charge in [-0.05, 0) is 53.4 Å². The Balaban J connectivity index is 1.67. The molecule has 0 saturated heterocycles. The van der Waals surface area contributed by atoms with E-state index in [1.807, 2.05) is 12.1 Å². The van der Waals surface area contributed by atoms with E-state index in [0.717, 1.165) is 24.4 Å². The summed E-state index contributed by atoms with van der Waals surface area (Å²) in [6.07, 6.45) is -4.66. The molecular formula is C18H18F3NO2. The summed E-state index contributed by atoms with van der Waals surface area (Å²) in [6, 6.07) is 10.1. The van der Waals surface area contributed by atoms with Gasteiger partial charge in [0.15, 0.2) is 0 Å². The van der Waals surface area contributed by atoms with E-state index in [1.165, 1.54) is 28.8 Å². The number of nitrogens with zero attached hydrogens (tertiary/aromatic N) is 1. The molecule has 1 aliphatic rings. The Morgan fingerprint density at radius 2 is 1.75 bits per heavy atom. The molecule has 3 nitrogen and oxygen atoms in total. The van der Waals surface area contributed by atoms with Crippen molar-refractivity contribution < 1.29 is 22.6 Å². The van der Waals surface area contributed by atoms with E-state index in [0.29, 0.717) is 6.54 Å². The lowest BCUT2D eigenvalue weighted by Crippen LogP contribution is -2.17. The average molecular weight is 337 g/mol. The van der Waals surface area contributed by atoms with Crippen LogP contribution in [0.5, 0.6) is 11.5 Å². The molecule has 2 aromatic rings. The van der Waals surface area contributed by atoms with Gasteiger partial charge < -0.3 is 9.47 Å². The van der Waals surface area contributed by atoms with Crippen LogP contribution in [0.25, 0.3) is 0 Å². The lowest BCUT2D eigenvalue weighted by molar-refractivity contribution is -0.274. The Morgan fingerprint density at radius 1 is 1.04 bits per heavy atom. The van der Waals surface area contributed by atoms with Crippen LogP contribution in [-0.4, -0.2) is 18.4 Å². The van der Waals surface area contributed by atoms with E-state index in [-0.39, 0.29) is 5.75 Å². The minimum atomic E-state index is -4.66. The van der Waals surface area contributed by atoms with E-state index in [9.17, 15) is 13.2 Å². The first kappa shape index (κ1) is 16.6. The highest BCUT2D eigenvalue weighted by molar-refractivity contribution is 5.43. The Hall–Kier alpha value is -2.21. The fraction of sp³-hybridized carbons (Fsp3) is 0.333. The molecule has 6 heteroatoms. The monoisotopic (exact) mass is 337 g/mol. The van der Waals surface area contributed by atoms with E-state index < -0.39 is 6.36 Å². The fourth-order valence-corrected chi connectivity index (χ4v) is 3.03. The van der Waals surface area contributed by atoms with Gasteiger partial charge in [-0.2, -0.15) is 0 Å². The summed E-state index contributed by atoms with van der Waals surface area (Å²) in [4.78, 5) is 2.25. The predicted octanol–water partition coefficient (Wildman–Crippen LogP) is 4.42. The largest absolute Gasteiger partial charge is 0.573 e. The zero-order valence-electron chi connectivity index (χ0n) is 13.5. The Labute approximate surface area is 138 Å². The molecule has 0 saturated carbocycles. The second-order valence-electron chi connectivity index (χ2n) is 5.92. The molecule has 0 radical (unpaired) electrons. The van der Waals surface area contributed by atoms with Crippen molar-refractivity contribution in [3.8, 4) is 11.5 Å². The van der Waals surface area contributed by atoms with Gasteiger partial charge in [0.2, 0.25) is 0 Å². The SMILES string of the molecule is COc1cc(C)c2c(c1)CN(Cc1ccc(OC(F)(F)F)cc1)C2. The van der Waals surface area contributed by atoms with Gasteiger partial charge >= 0.3 is 6.36 Å². The van der Waals surface area contributed by atoms with Crippen molar-refractivity contribution in [2.75, 3.05) is 7.11 Å². The Kier molecular flexibility index (Phi) is 4.41. The van der Waals surface area contributed by atoms with Gasteiger partial charge in [0.05, 0.1) is 7.11 Å². The maximum Gasteiger partial charge on any atom is 0.573 e. The number of methoxy groups -OCH3 is 1. The molecule has 128 valence electrons. The lowest BCUT2D eigenvalue weighted by Gasteiger charge is -2.15. The topological polar surface area (TPSA) is 21.7 Å². The first-order valence-electron chi connectivity index (χ1n) is 7.57. The summed E-state index contributed by atoms with van der Waals surface area (Å²) in [7, 11) is 1.65. The predicted molar refractivity (Wildman–Crippen MR) is 83.8 cm³/mol. The van der Waals surface area contributed by atoms with Gasteiger partial charge in [0.25, 0.3) is 0 Å². The lowest BCUT2D eigenvalue weighted by atomic mass is 10.0. The fourth-order valence-electron chi connectivity index (χ4n) is 3.03. The molecule has 0 bridgehead atoms. The first-order valence-corrected chi connectivity index (χ1v) is 7.57. The zero-order chi connectivity index (χ0) is 17.3. The number of fused-ring (bicyclic) bond motifs is 1. The van der Waals surface area contributed by atoms with Crippen LogP contribution in [0.4, 0.5) is 13.2 Å². The maximum atomic E-state index is 12.2. The highest BCUT2D eigenvalue weighted by Gasteiger charge is 2.31. The number of alkyl halides is 3. The van der Waals surface area contributed by atoms with Crippen molar-refractivity contribution in [3.05, 3.63) is 58.7 Å². The quantitative estimate of drug-likeness (QED) is 0.824. The summed E-state index contributed by atoms with van der Waals surface area (Å²) < 4.78 is 45.7. The third kappa shape index (κ3) is 3.82. The molecule has 0 unspecified atom stereocenters. The third-order valence-corrected chi connectivity index (χ3v) is 4.11. The summed E-state index contributed by atoms with van der Waals surface area (Å²) in [5.41, 5.74) is 4.68. The van der Waals surface area contributed by atoms with Crippen molar-refractivity contribution in [3.63, 3.8) is 0 Å². The molecule has 0 fully saturated rings. The molecule has 0 spiro atoms. The van der Waals surface area contributed by atoms with Gasteiger partial charge in [-0.15, -0.1) is 13.2 Å². The third-order valence-electron chi connectivity index (χ3n) is 4.11. The molecule has 0 N–H and O–H groups in total. The average Bonchev–Trinajstić information content (AvgIpc) is 2.91. The van der Waals surface area contributed by atoms with Crippen LogP contribution in [0.15, 0.2) is 36.4 Å². The van der Waals surface area contributed by atoms with Crippen molar-refractivity contribution in [1.29, 1.82) is 0 Å².